The van der Waals surface area contributed by atoms with Crippen molar-refractivity contribution in [2.45, 2.75) is 38.5 Å². The average molecular weight is 215 g/mol. The molecule has 0 aromatic rings. The quantitative estimate of drug-likeness (QED) is 0.464. The summed E-state index contributed by atoms with van der Waals surface area (Å²) in [7, 11) is 0. The number of halogens is 1. The lowest BCUT2D eigenvalue weighted by Crippen LogP contribution is -2.04. The first kappa shape index (κ1) is 9.13. The predicted octanol–water partition coefficient (Wildman–Crippen LogP) is 3.36. The molecule has 1 rings (SSSR count). The molecule has 11 heavy (non-hydrogen) atoms. The first-order chi connectivity index (χ1) is 5.43. The Bertz CT molecular complexity index is 146. The second-order valence-corrected chi connectivity index (χ2v) is 3.76. The van der Waals surface area contributed by atoms with Gasteiger partial charge in [0.1, 0.15) is 0 Å². The zero-order valence-electron chi connectivity index (χ0n) is 6.91. The van der Waals surface area contributed by atoms with Crippen LogP contribution in [0.3, 0.4) is 0 Å². The summed E-state index contributed by atoms with van der Waals surface area (Å²) in [6.07, 6.45) is 8.27. The van der Waals surface area contributed by atoms with Crippen LogP contribution in [0.1, 0.15) is 38.5 Å². The second kappa shape index (κ2) is 5.66. The molecular formula is C10H15Br. The summed E-state index contributed by atoms with van der Waals surface area (Å²) >= 11 is 3.30. The molecule has 0 unspecified atom stereocenters. The summed E-state index contributed by atoms with van der Waals surface area (Å²) in [5, 5.41) is 0.833. The molecule has 1 aliphatic rings. The van der Waals surface area contributed by atoms with E-state index < -0.39 is 0 Å². The van der Waals surface area contributed by atoms with Crippen LogP contribution in [0.4, 0.5) is 0 Å². The van der Waals surface area contributed by atoms with Gasteiger partial charge in [-0.3, -0.25) is 0 Å². The lowest BCUT2D eigenvalue weighted by Gasteiger charge is -2.18. The fraction of sp³-hybridized carbons (Fsp3) is 0.800. The van der Waals surface area contributed by atoms with E-state index in [4.69, 9.17) is 0 Å². The van der Waals surface area contributed by atoms with Gasteiger partial charge in [-0.05, 0) is 18.8 Å². The van der Waals surface area contributed by atoms with Crippen LogP contribution in [0.15, 0.2) is 0 Å². The predicted molar refractivity (Wildman–Crippen MR) is 52.8 cm³/mol. The van der Waals surface area contributed by atoms with Crippen molar-refractivity contribution in [2.75, 3.05) is 5.33 Å². The molecule has 0 amide bonds. The van der Waals surface area contributed by atoms with Gasteiger partial charge < -0.3 is 0 Å². The van der Waals surface area contributed by atoms with Gasteiger partial charge >= 0.3 is 0 Å². The van der Waals surface area contributed by atoms with Crippen molar-refractivity contribution in [3.05, 3.63) is 0 Å². The molecule has 0 bridgehead atoms. The summed E-state index contributed by atoms with van der Waals surface area (Å²) in [6, 6.07) is 0. The van der Waals surface area contributed by atoms with Crippen molar-refractivity contribution in [2.24, 2.45) is 5.92 Å². The van der Waals surface area contributed by atoms with E-state index in [1.165, 1.54) is 32.1 Å². The highest BCUT2D eigenvalue weighted by molar-refractivity contribution is 9.09. The largest absolute Gasteiger partial charge is 0.102 e. The van der Waals surface area contributed by atoms with Crippen LogP contribution in [0.2, 0.25) is 0 Å². The molecule has 0 N–H and O–H groups in total. The van der Waals surface area contributed by atoms with E-state index in [1.54, 1.807) is 0 Å². The van der Waals surface area contributed by atoms with Gasteiger partial charge in [-0.25, -0.2) is 0 Å². The fourth-order valence-corrected chi connectivity index (χ4v) is 1.85. The molecule has 1 heteroatoms. The molecule has 0 atom stereocenters. The van der Waals surface area contributed by atoms with Gasteiger partial charge in [0.25, 0.3) is 0 Å². The Morgan fingerprint density at radius 1 is 1.09 bits per heavy atom. The molecule has 0 radical (unpaired) electrons. The van der Waals surface area contributed by atoms with E-state index in [0.717, 1.165) is 17.7 Å². The molecule has 0 heterocycles. The van der Waals surface area contributed by atoms with Crippen molar-refractivity contribution in [3.8, 4) is 11.8 Å². The third-order valence-electron chi connectivity index (χ3n) is 2.31. The minimum atomic E-state index is 0.833. The molecule has 0 saturated heterocycles. The molecular weight excluding hydrogens is 200 g/mol. The normalized spacial score (nSPS) is 19.0. The van der Waals surface area contributed by atoms with E-state index in [1.807, 2.05) is 0 Å². The Morgan fingerprint density at radius 3 is 2.45 bits per heavy atom. The Kier molecular flexibility index (Phi) is 4.70. The maximum absolute atomic E-state index is 3.30. The van der Waals surface area contributed by atoms with Crippen LogP contribution in [0.5, 0.6) is 0 Å². The van der Waals surface area contributed by atoms with Crippen molar-refractivity contribution in [3.63, 3.8) is 0 Å². The molecule has 62 valence electrons. The monoisotopic (exact) mass is 214 g/mol. The molecule has 1 aliphatic carbocycles. The Hall–Kier alpha value is 0.0400. The molecule has 0 aromatic carbocycles. The highest BCUT2D eigenvalue weighted by atomic mass is 79.9. The van der Waals surface area contributed by atoms with E-state index in [0.29, 0.717) is 0 Å². The van der Waals surface area contributed by atoms with Crippen LogP contribution in [0, 0.1) is 17.8 Å². The molecule has 1 fully saturated rings. The van der Waals surface area contributed by atoms with Crippen LogP contribution in [0.25, 0.3) is 0 Å². The van der Waals surface area contributed by atoms with Crippen molar-refractivity contribution < 1.29 is 0 Å². The molecule has 0 spiro atoms. The smallest absolute Gasteiger partial charge is 0.0645 e. The highest BCUT2D eigenvalue weighted by Crippen LogP contribution is 2.25. The zero-order chi connectivity index (χ0) is 7.94. The van der Waals surface area contributed by atoms with E-state index in [-0.39, 0.29) is 0 Å². The van der Waals surface area contributed by atoms with E-state index in [9.17, 15) is 0 Å². The third kappa shape index (κ3) is 3.82. The van der Waals surface area contributed by atoms with E-state index in [2.05, 4.69) is 27.8 Å². The Balaban J connectivity index is 2.14. The maximum Gasteiger partial charge on any atom is 0.0645 e. The van der Waals surface area contributed by atoms with Crippen LogP contribution < -0.4 is 0 Å². The van der Waals surface area contributed by atoms with Gasteiger partial charge in [-0.15, -0.1) is 5.92 Å². The van der Waals surface area contributed by atoms with Gasteiger partial charge in [0, 0.05) is 6.42 Å². The third-order valence-corrected chi connectivity index (χ3v) is 2.59. The average Bonchev–Trinajstić information content (AvgIpc) is 2.07. The summed E-state index contributed by atoms with van der Waals surface area (Å²) in [6.45, 7) is 0. The first-order valence-corrected chi connectivity index (χ1v) is 5.57. The van der Waals surface area contributed by atoms with Gasteiger partial charge in [0.15, 0.2) is 0 Å². The van der Waals surface area contributed by atoms with Gasteiger partial charge in [-0.2, -0.15) is 0 Å². The minimum absolute atomic E-state index is 0.833. The SMILES string of the molecule is BrCC#CCC1CCCCC1. The highest BCUT2D eigenvalue weighted by Gasteiger charge is 2.11. The standard InChI is InChI=1S/C10H15Br/c11-9-5-4-8-10-6-2-1-3-7-10/h10H,1-3,6-9H2. The Labute approximate surface area is 77.9 Å². The van der Waals surface area contributed by atoms with Crippen LogP contribution in [-0.2, 0) is 0 Å². The van der Waals surface area contributed by atoms with Crippen LogP contribution in [-0.4, -0.2) is 5.33 Å². The minimum Gasteiger partial charge on any atom is -0.102 e. The first-order valence-electron chi connectivity index (χ1n) is 4.45. The second-order valence-electron chi connectivity index (χ2n) is 3.20. The Morgan fingerprint density at radius 2 is 1.82 bits per heavy atom. The van der Waals surface area contributed by atoms with Gasteiger partial charge in [0.2, 0.25) is 0 Å². The molecule has 0 nitrogen and oxygen atoms in total. The molecule has 0 aromatic heterocycles. The lowest BCUT2D eigenvalue weighted by atomic mass is 9.87. The summed E-state index contributed by atoms with van der Waals surface area (Å²) in [4.78, 5) is 0. The summed E-state index contributed by atoms with van der Waals surface area (Å²) in [5.41, 5.74) is 0. The molecule has 0 aliphatic heterocycles. The topological polar surface area (TPSA) is 0 Å². The van der Waals surface area contributed by atoms with Crippen molar-refractivity contribution in [1.82, 2.24) is 0 Å². The number of alkyl halides is 1. The zero-order valence-corrected chi connectivity index (χ0v) is 8.49. The number of hydrogen-bond acceptors (Lipinski definition) is 0. The fourth-order valence-electron chi connectivity index (χ4n) is 1.66. The lowest BCUT2D eigenvalue weighted by molar-refractivity contribution is 0.365. The molecule has 1 saturated carbocycles. The summed E-state index contributed by atoms with van der Waals surface area (Å²) < 4.78 is 0. The summed E-state index contributed by atoms with van der Waals surface area (Å²) in [5.74, 6) is 7.18. The van der Waals surface area contributed by atoms with Crippen LogP contribution >= 0.6 is 15.9 Å². The number of hydrogen-bond donors (Lipinski definition) is 0. The van der Waals surface area contributed by atoms with Gasteiger partial charge in [-0.1, -0.05) is 41.1 Å². The van der Waals surface area contributed by atoms with Crippen molar-refractivity contribution in [1.29, 1.82) is 0 Å². The van der Waals surface area contributed by atoms with Gasteiger partial charge in [0.05, 0.1) is 5.33 Å². The maximum atomic E-state index is 3.30. The number of rotatable bonds is 1. The van der Waals surface area contributed by atoms with Crippen molar-refractivity contribution >= 4 is 15.9 Å². The van der Waals surface area contributed by atoms with E-state index >= 15 is 0 Å².